The van der Waals surface area contributed by atoms with E-state index in [0.29, 0.717) is 6.04 Å². The average molecular weight is 289 g/mol. The lowest BCUT2D eigenvalue weighted by Gasteiger charge is -2.36. The Labute approximate surface area is 125 Å². The molecule has 2 rings (SSSR count). The fraction of sp³-hybridized carbons (Fsp3) is 0.438. The van der Waals surface area contributed by atoms with E-state index in [1.165, 1.54) is 4.88 Å². The largest absolute Gasteiger partial charge is 0.326 e. The normalized spacial score (nSPS) is 14.7. The number of thiophene rings is 1. The van der Waals surface area contributed by atoms with Crippen molar-refractivity contribution >= 4 is 11.3 Å². The molecule has 4 heteroatoms. The van der Waals surface area contributed by atoms with Crippen molar-refractivity contribution in [2.45, 2.75) is 45.4 Å². The number of hydrogen-bond donors (Lipinski definition) is 1. The second-order valence-electron chi connectivity index (χ2n) is 5.40. The first kappa shape index (κ1) is 15.2. The summed E-state index contributed by atoms with van der Waals surface area (Å²) in [7, 11) is 0. The minimum absolute atomic E-state index is 0.0345. The second kappa shape index (κ2) is 6.97. The van der Waals surface area contributed by atoms with Gasteiger partial charge in [-0.05, 0) is 44.4 Å². The number of nitrogens with two attached hydrogens (primary N) is 1. The van der Waals surface area contributed by atoms with Crippen molar-refractivity contribution in [2.24, 2.45) is 5.73 Å². The van der Waals surface area contributed by atoms with Crippen molar-refractivity contribution in [1.29, 1.82) is 0 Å². The molecule has 0 radical (unpaired) electrons. The minimum Gasteiger partial charge on any atom is -0.326 e. The molecule has 2 aromatic heterocycles. The molecule has 2 atom stereocenters. The van der Waals surface area contributed by atoms with Crippen LogP contribution in [0.15, 0.2) is 41.9 Å². The summed E-state index contributed by atoms with van der Waals surface area (Å²) in [5, 5.41) is 2.12. The highest BCUT2D eigenvalue weighted by Crippen LogP contribution is 2.27. The first-order valence-corrected chi connectivity index (χ1v) is 7.92. The monoisotopic (exact) mass is 289 g/mol. The van der Waals surface area contributed by atoms with Crippen molar-refractivity contribution < 1.29 is 0 Å². The number of hydrogen-bond acceptors (Lipinski definition) is 4. The standard InChI is InChI=1S/C16H23N3S/c1-12(2)19(11-14-7-6-10-20-14)16(13(3)17)15-8-4-5-9-18-15/h4-10,12-13,16H,11,17H2,1-3H3. The molecule has 2 aromatic rings. The maximum atomic E-state index is 6.26. The van der Waals surface area contributed by atoms with Gasteiger partial charge in [-0.3, -0.25) is 9.88 Å². The third kappa shape index (κ3) is 3.66. The van der Waals surface area contributed by atoms with Gasteiger partial charge in [0, 0.05) is 29.7 Å². The molecule has 3 nitrogen and oxygen atoms in total. The molecule has 0 aliphatic rings. The highest BCUT2D eigenvalue weighted by atomic mass is 32.1. The van der Waals surface area contributed by atoms with Crippen LogP contribution in [-0.4, -0.2) is 22.0 Å². The van der Waals surface area contributed by atoms with Crippen LogP contribution < -0.4 is 5.73 Å². The van der Waals surface area contributed by atoms with E-state index in [4.69, 9.17) is 5.73 Å². The van der Waals surface area contributed by atoms with Gasteiger partial charge in [-0.15, -0.1) is 11.3 Å². The van der Waals surface area contributed by atoms with Crippen LogP contribution in [0.2, 0.25) is 0 Å². The van der Waals surface area contributed by atoms with Crippen LogP contribution in [0, 0.1) is 0 Å². The van der Waals surface area contributed by atoms with E-state index >= 15 is 0 Å². The maximum Gasteiger partial charge on any atom is 0.0676 e. The molecule has 0 aliphatic carbocycles. The van der Waals surface area contributed by atoms with Crippen LogP contribution in [0.3, 0.4) is 0 Å². The predicted octanol–water partition coefficient (Wildman–Crippen LogP) is 3.44. The van der Waals surface area contributed by atoms with Gasteiger partial charge in [-0.2, -0.15) is 0 Å². The quantitative estimate of drug-likeness (QED) is 0.885. The van der Waals surface area contributed by atoms with Gasteiger partial charge in [-0.25, -0.2) is 0 Å². The first-order valence-electron chi connectivity index (χ1n) is 7.04. The molecule has 0 bridgehead atoms. The third-order valence-electron chi connectivity index (χ3n) is 3.43. The Morgan fingerprint density at radius 2 is 2.00 bits per heavy atom. The number of nitrogens with zero attached hydrogens (tertiary/aromatic N) is 2. The fourth-order valence-corrected chi connectivity index (χ4v) is 3.19. The highest BCUT2D eigenvalue weighted by Gasteiger charge is 2.27. The minimum atomic E-state index is 0.0345. The maximum absolute atomic E-state index is 6.26. The molecule has 0 saturated heterocycles. The Kier molecular flexibility index (Phi) is 5.29. The van der Waals surface area contributed by atoms with Crippen molar-refractivity contribution in [2.75, 3.05) is 0 Å². The molecule has 2 N–H and O–H groups in total. The Hall–Kier alpha value is -1.23. The van der Waals surface area contributed by atoms with E-state index in [1.54, 1.807) is 11.3 Å². The van der Waals surface area contributed by atoms with Crippen LogP contribution in [-0.2, 0) is 6.54 Å². The van der Waals surface area contributed by atoms with Gasteiger partial charge in [-0.1, -0.05) is 12.1 Å². The topological polar surface area (TPSA) is 42.1 Å². The molecule has 0 saturated carbocycles. The molecule has 0 spiro atoms. The summed E-state index contributed by atoms with van der Waals surface area (Å²) in [6, 6.07) is 10.9. The van der Waals surface area contributed by atoms with Crippen LogP contribution in [0.4, 0.5) is 0 Å². The van der Waals surface area contributed by atoms with Crippen LogP contribution in [0.1, 0.15) is 37.4 Å². The smallest absolute Gasteiger partial charge is 0.0676 e. The van der Waals surface area contributed by atoms with Crippen molar-refractivity contribution in [3.05, 3.63) is 52.5 Å². The summed E-state index contributed by atoms with van der Waals surface area (Å²) < 4.78 is 0. The second-order valence-corrected chi connectivity index (χ2v) is 6.44. The summed E-state index contributed by atoms with van der Waals surface area (Å²) in [4.78, 5) is 8.31. The Morgan fingerprint density at radius 1 is 1.20 bits per heavy atom. The lowest BCUT2D eigenvalue weighted by atomic mass is 10.0. The summed E-state index contributed by atoms with van der Waals surface area (Å²) in [6.07, 6.45) is 1.84. The molecule has 0 fully saturated rings. The van der Waals surface area contributed by atoms with E-state index in [2.05, 4.69) is 54.2 Å². The van der Waals surface area contributed by atoms with E-state index < -0.39 is 0 Å². The molecule has 2 unspecified atom stereocenters. The van der Waals surface area contributed by atoms with Crippen LogP contribution >= 0.6 is 11.3 Å². The van der Waals surface area contributed by atoms with Gasteiger partial charge >= 0.3 is 0 Å². The van der Waals surface area contributed by atoms with Gasteiger partial charge in [0.2, 0.25) is 0 Å². The third-order valence-corrected chi connectivity index (χ3v) is 4.29. The number of rotatable bonds is 6. The van der Waals surface area contributed by atoms with E-state index in [0.717, 1.165) is 12.2 Å². The van der Waals surface area contributed by atoms with E-state index in [-0.39, 0.29) is 12.1 Å². The molecular formula is C16H23N3S. The zero-order valence-electron chi connectivity index (χ0n) is 12.4. The number of pyridine rings is 1. The lowest BCUT2D eigenvalue weighted by Crippen LogP contribution is -2.43. The van der Waals surface area contributed by atoms with E-state index in [1.807, 2.05) is 18.3 Å². The summed E-state index contributed by atoms with van der Waals surface area (Å²) in [5.41, 5.74) is 7.31. The van der Waals surface area contributed by atoms with Crippen LogP contribution in [0.5, 0.6) is 0 Å². The van der Waals surface area contributed by atoms with Gasteiger partial charge in [0.15, 0.2) is 0 Å². The lowest BCUT2D eigenvalue weighted by molar-refractivity contribution is 0.125. The molecule has 108 valence electrons. The van der Waals surface area contributed by atoms with Gasteiger partial charge < -0.3 is 5.73 Å². The van der Waals surface area contributed by atoms with Crippen LogP contribution in [0.25, 0.3) is 0 Å². The summed E-state index contributed by atoms with van der Waals surface area (Å²) >= 11 is 1.79. The number of aromatic nitrogens is 1. The van der Waals surface area contributed by atoms with Crippen molar-refractivity contribution in [3.8, 4) is 0 Å². The SMILES string of the molecule is CC(N)C(c1ccccn1)N(Cc1cccs1)C(C)C. The predicted molar refractivity (Wildman–Crippen MR) is 85.6 cm³/mol. The van der Waals surface area contributed by atoms with E-state index in [9.17, 15) is 0 Å². The van der Waals surface area contributed by atoms with Gasteiger partial charge in [0.05, 0.1) is 11.7 Å². The summed E-state index contributed by atoms with van der Waals surface area (Å²) in [6.45, 7) is 7.40. The Bertz CT molecular complexity index is 494. The Morgan fingerprint density at radius 3 is 2.50 bits per heavy atom. The molecule has 2 heterocycles. The average Bonchev–Trinajstić information content (AvgIpc) is 2.91. The van der Waals surface area contributed by atoms with Gasteiger partial charge in [0.25, 0.3) is 0 Å². The molecule has 0 aromatic carbocycles. The van der Waals surface area contributed by atoms with Gasteiger partial charge in [0.1, 0.15) is 0 Å². The summed E-state index contributed by atoms with van der Waals surface area (Å²) in [5.74, 6) is 0. The fourth-order valence-electron chi connectivity index (χ4n) is 2.48. The molecule has 0 aliphatic heterocycles. The van der Waals surface area contributed by atoms with Crippen molar-refractivity contribution in [3.63, 3.8) is 0 Å². The Balaban J connectivity index is 2.28. The zero-order chi connectivity index (χ0) is 14.5. The highest BCUT2D eigenvalue weighted by molar-refractivity contribution is 7.09. The molecular weight excluding hydrogens is 266 g/mol. The first-order chi connectivity index (χ1) is 9.59. The molecule has 0 amide bonds. The molecule has 20 heavy (non-hydrogen) atoms. The zero-order valence-corrected chi connectivity index (χ0v) is 13.2. The van der Waals surface area contributed by atoms with Crippen molar-refractivity contribution in [1.82, 2.24) is 9.88 Å².